The van der Waals surface area contributed by atoms with Crippen molar-refractivity contribution in [3.63, 3.8) is 0 Å². The van der Waals surface area contributed by atoms with E-state index in [0.717, 1.165) is 15.6 Å². The Kier molecular flexibility index (Phi) is 5.61. The Morgan fingerprint density at radius 3 is 2.48 bits per heavy atom. The summed E-state index contributed by atoms with van der Waals surface area (Å²) in [4.78, 5) is 24.7. The van der Waals surface area contributed by atoms with Gasteiger partial charge in [-0.2, -0.15) is 0 Å². The van der Waals surface area contributed by atoms with Gasteiger partial charge >= 0.3 is 12.0 Å². The summed E-state index contributed by atoms with van der Waals surface area (Å²) < 4.78 is 11.4. The molecular weight excluding hydrogens is 364 g/mol. The highest BCUT2D eigenvalue weighted by molar-refractivity contribution is 7.21. The van der Waals surface area contributed by atoms with Gasteiger partial charge in [0.2, 0.25) is 0 Å². The van der Waals surface area contributed by atoms with Crippen LogP contribution in [-0.2, 0) is 4.74 Å². The van der Waals surface area contributed by atoms with Crippen LogP contribution in [0.5, 0.6) is 5.75 Å². The van der Waals surface area contributed by atoms with E-state index in [1.165, 1.54) is 18.4 Å². The lowest BCUT2D eigenvalue weighted by Gasteiger charge is -2.09. The zero-order valence-electron chi connectivity index (χ0n) is 15.3. The third-order valence-corrected chi connectivity index (χ3v) is 4.97. The van der Waals surface area contributed by atoms with Crippen molar-refractivity contribution in [2.75, 3.05) is 24.4 Å². The number of carbonyl (C=O) groups is 2. The monoisotopic (exact) mass is 384 g/mol. The summed E-state index contributed by atoms with van der Waals surface area (Å²) in [5.41, 5.74) is 2.37. The third-order valence-electron chi connectivity index (χ3n) is 3.84. The molecule has 0 aliphatic rings. The van der Waals surface area contributed by atoms with Crippen molar-refractivity contribution in [1.29, 1.82) is 0 Å². The molecule has 0 aliphatic carbocycles. The highest BCUT2D eigenvalue weighted by Crippen LogP contribution is 2.39. The number of amides is 2. The van der Waals surface area contributed by atoms with Gasteiger partial charge < -0.3 is 20.1 Å². The normalized spacial score (nSPS) is 10.5. The second-order valence-corrected chi connectivity index (χ2v) is 6.90. The van der Waals surface area contributed by atoms with E-state index in [9.17, 15) is 9.59 Å². The van der Waals surface area contributed by atoms with Gasteiger partial charge in [0.05, 0.1) is 13.7 Å². The summed E-state index contributed by atoms with van der Waals surface area (Å²) >= 11 is 1.30. The predicted molar refractivity (Wildman–Crippen MR) is 108 cm³/mol. The zero-order chi connectivity index (χ0) is 19.4. The Hall–Kier alpha value is -3.06. The molecule has 2 amide bonds. The summed E-state index contributed by atoms with van der Waals surface area (Å²) in [5.74, 6) is 0.0402. The molecule has 2 aromatic carbocycles. The van der Waals surface area contributed by atoms with Gasteiger partial charge in [-0.1, -0.05) is 12.1 Å². The van der Waals surface area contributed by atoms with Gasteiger partial charge in [0.25, 0.3) is 0 Å². The number of benzene rings is 2. The maximum absolute atomic E-state index is 12.3. The number of rotatable bonds is 5. The van der Waals surface area contributed by atoms with Crippen molar-refractivity contribution in [3.8, 4) is 5.75 Å². The molecule has 0 fully saturated rings. The average molecular weight is 384 g/mol. The van der Waals surface area contributed by atoms with Crippen LogP contribution >= 0.6 is 11.3 Å². The van der Waals surface area contributed by atoms with E-state index in [1.807, 2.05) is 44.2 Å². The van der Waals surface area contributed by atoms with E-state index in [4.69, 9.17) is 9.47 Å². The zero-order valence-corrected chi connectivity index (χ0v) is 16.1. The summed E-state index contributed by atoms with van der Waals surface area (Å²) in [7, 11) is 1.34. The second-order valence-electron chi connectivity index (χ2n) is 5.84. The lowest BCUT2D eigenvalue weighted by atomic mass is 10.2. The lowest BCUT2D eigenvalue weighted by Crippen LogP contribution is -2.19. The fraction of sp³-hybridized carbons (Fsp3) is 0.200. The average Bonchev–Trinajstić information content (AvgIpc) is 2.99. The van der Waals surface area contributed by atoms with Crippen LogP contribution in [0, 0.1) is 6.92 Å². The Balaban J connectivity index is 1.86. The standard InChI is InChI=1S/C20H20N2O4S/c1-4-26-17-15-11-14(8-9-16(15)27-18(17)19(23)25-3)22-20(24)21-13-7-5-6-12(2)10-13/h5-11H,4H2,1-3H3,(H2,21,22,24). The number of hydrogen-bond acceptors (Lipinski definition) is 5. The van der Waals surface area contributed by atoms with E-state index in [1.54, 1.807) is 12.1 Å². The fourth-order valence-electron chi connectivity index (χ4n) is 2.68. The predicted octanol–water partition coefficient (Wildman–Crippen LogP) is 5.04. The molecule has 1 aromatic heterocycles. The van der Waals surface area contributed by atoms with Crippen LogP contribution in [0.15, 0.2) is 42.5 Å². The molecule has 0 unspecified atom stereocenters. The summed E-state index contributed by atoms with van der Waals surface area (Å²) in [6.07, 6.45) is 0. The largest absolute Gasteiger partial charge is 0.491 e. The van der Waals surface area contributed by atoms with Gasteiger partial charge in [-0.25, -0.2) is 9.59 Å². The first-order chi connectivity index (χ1) is 13.0. The minimum atomic E-state index is -0.439. The van der Waals surface area contributed by atoms with Crippen LogP contribution < -0.4 is 15.4 Å². The number of methoxy groups -OCH3 is 1. The van der Waals surface area contributed by atoms with Crippen molar-refractivity contribution in [3.05, 3.63) is 52.9 Å². The molecule has 2 N–H and O–H groups in total. The molecule has 0 saturated carbocycles. The maximum atomic E-state index is 12.3. The number of anilines is 2. The SMILES string of the molecule is CCOc1c(C(=O)OC)sc2ccc(NC(=O)Nc3cccc(C)c3)cc12. The number of hydrogen-bond donors (Lipinski definition) is 2. The molecule has 27 heavy (non-hydrogen) atoms. The van der Waals surface area contributed by atoms with Gasteiger partial charge in [-0.05, 0) is 49.7 Å². The third kappa shape index (κ3) is 4.20. The van der Waals surface area contributed by atoms with Gasteiger partial charge in [0.1, 0.15) is 0 Å². The second kappa shape index (κ2) is 8.09. The minimum absolute atomic E-state index is 0.346. The molecule has 0 atom stereocenters. The van der Waals surface area contributed by atoms with E-state index in [-0.39, 0.29) is 6.03 Å². The molecule has 0 spiro atoms. The Bertz CT molecular complexity index is 997. The van der Waals surface area contributed by atoms with Crippen molar-refractivity contribution < 1.29 is 19.1 Å². The number of nitrogens with one attached hydrogen (secondary N) is 2. The number of ether oxygens (including phenoxy) is 2. The summed E-state index contributed by atoms with van der Waals surface area (Å²) in [5, 5.41) is 6.37. The molecule has 0 bridgehead atoms. The van der Waals surface area contributed by atoms with E-state index in [0.29, 0.717) is 28.6 Å². The first-order valence-corrected chi connectivity index (χ1v) is 9.25. The molecule has 0 radical (unpaired) electrons. The van der Waals surface area contributed by atoms with Crippen LogP contribution in [0.4, 0.5) is 16.2 Å². The number of fused-ring (bicyclic) bond motifs is 1. The van der Waals surface area contributed by atoms with Crippen LogP contribution in [0.25, 0.3) is 10.1 Å². The Morgan fingerprint density at radius 1 is 1.07 bits per heavy atom. The van der Waals surface area contributed by atoms with Gasteiger partial charge in [-0.15, -0.1) is 11.3 Å². The number of aryl methyl sites for hydroxylation is 1. The van der Waals surface area contributed by atoms with Crippen LogP contribution in [0.3, 0.4) is 0 Å². The molecular formula is C20H20N2O4S. The quantitative estimate of drug-likeness (QED) is 0.604. The maximum Gasteiger partial charge on any atom is 0.351 e. The lowest BCUT2D eigenvalue weighted by molar-refractivity contribution is 0.0602. The summed E-state index contributed by atoms with van der Waals surface area (Å²) in [6.45, 7) is 4.23. The van der Waals surface area contributed by atoms with Gasteiger partial charge in [0.15, 0.2) is 10.6 Å². The molecule has 0 aliphatic heterocycles. The molecule has 3 rings (SSSR count). The number of thiophene rings is 1. The smallest absolute Gasteiger partial charge is 0.351 e. The molecule has 1 heterocycles. The number of urea groups is 1. The molecule has 140 valence electrons. The van der Waals surface area contributed by atoms with Crippen LogP contribution in [0.1, 0.15) is 22.2 Å². The van der Waals surface area contributed by atoms with Crippen LogP contribution in [0.2, 0.25) is 0 Å². The topological polar surface area (TPSA) is 76.7 Å². The van der Waals surface area contributed by atoms with Crippen molar-refractivity contribution >= 4 is 44.8 Å². The number of carbonyl (C=O) groups excluding carboxylic acids is 2. The first kappa shape index (κ1) is 18.7. The summed E-state index contributed by atoms with van der Waals surface area (Å²) in [6, 6.07) is 12.6. The van der Waals surface area contributed by atoms with E-state index < -0.39 is 5.97 Å². The first-order valence-electron chi connectivity index (χ1n) is 8.44. The van der Waals surface area contributed by atoms with Crippen molar-refractivity contribution in [1.82, 2.24) is 0 Å². The Morgan fingerprint density at radius 2 is 1.81 bits per heavy atom. The fourth-order valence-corrected chi connectivity index (χ4v) is 3.73. The molecule has 7 heteroatoms. The minimum Gasteiger partial charge on any atom is -0.491 e. The van der Waals surface area contributed by atoms with Gasteiger partial charge in [-0.3, -0.25) is 0 Å². The molecule has 0 saturated heterocycles. The highest BCUT2D eigenvalue weighted by Gasteiger charge is 2.20. The van der Waals surface area contributed by atoms with Crippen molar-refractivity contribution in [2.24, 2.45) is 0 Å². The molecule has 6 nitrogen and oxygen atoms in total. The van der Waals surface area contributed by atoms with E-state index >= 15 is 0 Å². The Labute approximate surface area is 161 Å². The van der Waals surface area contributed by atoms with Gasteiger partial charge in [0, 0.05) is 21.5 Å². The highest BCUT2D eigenvalue weighted by atomic mass is 32.1. The molecule has 3 aromatic rings. The number of esters is 1. The van der Waals surface area contributed by atoms with E-state index in [2.05, 4.69) is 10.6 Å². The van der Waals surface area contributed by atoms with Crippen LogP contribution in [-0.4, -0.2) is 25.7 Å². The van der Waals surface area contributed by atoms with Crippen molar-refractivity contribution in [2.45, 2.75) is 13.8 Å².